The summed E-state index contributed by atoms with van der Waals surface area (Å²) in [7, 11) is 0. The summed E-state index contributed by atoms with van der Waals surface area (Å²) in [6.45, 7) is 6.17. The fourth-order valence-corrected chi connectivity index (χ4v) is 6.47. The van der Waals surface area contributed by atoms with Crippen LogP contribution < -0.4 is 21.7 Å². The normalized spacial score (nSPS) is 35.1. The van der Waals surface area contributed by atoms with Crippen LogP contribution in [0.25, 0.3) is 0 Å². The minimum absolute atomic E-state index is 0.0341. The van der Waals surface area contributed by atoms with E-state index in [2.05, 4.69) is 16.0 Å². The van der Waals surface area contributed by atoms with E-state index in [9.17, 15) is 24.0 Å². The third kappa shape index (κ3) is 6.30. The highest BCUT2D eigenvalue weighted by Gasteiger charge is 2.51. The Kier molecular flexibility index (Phi) is 8.32. The average Bonchev–Trinajstić information content (AvgIpc) is 3.41. The molecular formula is C27H41N5O6. The van der Waals surface area contributed by atoms with Crippen LogP contribution in [0.15, 0.2) is 12.2 Å². The highest BCUT2D eigenvalue weighted by molar-refractivity contribution is 5.94. The first-order chi connectivity index (χ1) is 17.9. The smallest absolute Gasteiger partial charge is 0.408 e. The van der Waals surface area contributed by atoms with Crippen LogP contribution in [0.3, 0.4) is 0 Å². The van der Waals surface area contributed by atoms with E-state index in [1.165, 1.54) is 0 Å². The molecule has 0 aromatic carbocycles. The largest absolute Gasteiger partial charge is 0.444 e. The fraction of sp³-hybridized carbons (Fsp3) is 0.741. The lowest BCUT2D eigenvalue weighted by Gasteiger charge is -2.34. The van der Waals surface area contributed by atoms with Gasteiger partial charge in [-0.1, -0.05) is 18.6 Å². The van der Waals surface area contributed by atoms with E-state index in [0.717, 1.165) is 19.3 Å². The summed E-state index contributed by atoms with van der Waals surface area (Å²) in [5.74, 6) is -2.17. The zero-order valence-corrected chi connectivity index (χ0v) is 22.5. The number of alkyl carbamates (subject to hydrolysis) is 1. The Hall–Kier alpha value is -3.11. The van der Waals surface area contributed by atoms with Crippen molar-refractivity contribution in [2.24, 2.45) is 29.4 Å². The van der Waals surface area contributed by atoms with Crippen molar-refractivity contribution in [1.29, 1.82) is 0 Å². The molecule has 3 aliphatic heterocycles. The average molecular weight is 532 g/mol. The highest BCUT2D eigenvalue weighted by atomic mass is 16.6. The van der Waals surface area contributed by atoms with E-state index in [-0.39, 0.29) is 36.0 Å². The van der Waals surface area contributed by atoms with Crippen LogP contribution in [-0.4, -0.2) is 71.4 Å². The van der Waals surface area contributed by atoms with Gasteiger partial charge >= 0.3 is 6.09 Å². The maximum Gasteiger partial charge on any atom is 0.408 e. The van der Waals surface area contributed by atoms with E-state index in [1.807, 2.05) is 12.2 Å². The Morgan fingerprint density at radius 2 is 1.87 bits per heavy atom. The van der Waals surface area contributed by atoms with Gasteiger partial charge in [-0.25, -0.2) is 4.79 Å². The second-order valence-corrected chi connectivity index (χ2v) is 12.0. The van der Waals surface area contributed by atoms with E-state index in [0.29, 0.717) is 32.4 Å². The van der Waals surface area contributed by atoms with Gasteiger partial charge in [0.15, 0.2) is 0 Å². The Morgan fingerprint density at radius 3 is 2.58 bits per heavy atom. The van der Waals surface area contributed by atoms with Gasteiger partial charge in [-0.15, -0.1) is 0 Å². The molecule has 0 bridgehead atoms. The SMILES string of the molecule is CC(C)(C)OC(=O)N[C@H]1CC/C=C/[C@H]2CCNC(=O)[C@H]2C[C@@H](C(N)=O)NC(=O)[C@@H]2[C@H]3CCC[C@H]3CN2C1=O. The topological polar surface area (TPSA) is 160 Å². The summed E-state index contributed by atoms with van der Waals surface area (Å²) in [5.41, 5.74) is 4.95. The quantitative estimate of drug-likeness (QED) is 0.389. The molecule has 1 aliphatic carbocycles. The molecule has 3 heterocycles. The van der Waals surface area contributed by atoms with Crippen molar-refractivity contribution in [2.75, 3.05) is 13.1 Å². The molecule has 210 valence electrons. The summed E-state index contributed by atoms with van der Waals surface area (Å²) in [4.78, 5) is 66.9. The fourth-order valence-electron chi connectivity index (χ4n) is 6.47. The van der Waals surface area contributed by atoms with Gasteiger partial charge in [-0.2, -0.15) is 0 Å². The van der Waals surface area contributed by atoms with Crippen LogP contribution in [0, 0.1) is 23.7 Å². The molecule has 11 heteroatoms. The third-order valence-corrected chi connectivity index (χ3v) is 8.22. The zero-order chi connectivity index (χ0) is 27.6. The second-order valence-electron chi connectivity index (χ2n) is 12.0. The monoisotopic (exact) mass is 531 g/mol. The number of fused-ring (bicyclic) bond motifs is 4. The number of nitrogens with one attached hydrogen (secondary N) is 3. The minimum atomic E-state index is -1.04. The van der Waals surface area contributed by atoms with Crippen molar-refractivity contribution in [1.82, 2.24) is 20.9 Å². The first kappa shape index (κ1) is 27.9. The predicted octanol–water partition coefficient (Wildman–Crippen LogP) is 0.969. The molecule has 7 atom stereocenters. The number of allylic oxidation sites excluding steroid dienone is 2. The van der Waals surface area contributed by atoms with Crippen LogP contribution in [0.5, 0.6) is 0 Å². The van der Waals surface area contributed by atoms with Gasteiger partial charge in [0.2, 0.25) is 23.6 Å². The van der Waals surface area contributed by atoms with Crippen LogP contribution in [0.4, 0.5) is 4.79 Å². The number of ether oxygens (including phenoxy) is 1. The summed E-state index contributed by atoms with van der Waals surface area (Å²) in [6.07, 6.45) is 7.43. The van der Waals surface area contributed by atoms with E-state index in [4.69, 9.17) is 10.5 Å². The molecule has 0 unspecified atom stereocenters. The van der Waals surface area contributed by atoms with Crippen LogP contribution in [-0.2, 0) is 23.9 Å². The van der Waals surface area contributed by atoms with Crippen molar-refractivity contribution < 1.29 is 28.7 Å². The molecule has 1 saturated carbocycles. The minimum Gasteiger partial charge on any atom is -0.444 e. The molecule has 0 spiro atoms. The number of hydrogen-bond donors (Lipinski definition) is 4. The molecule has 4 aliphatic rings. The van der Waals surface area contributed by atoms with E-state index >= 15 is 0 Å². The molecule has 11 nitrogen and oxygen atoms in total. The molecule has 0 aromatic rings. The lowest BCUT2D eigenvalue weighted by Crippen LogP contribution is -2.58. The maximum absolute atomic E-state index is 13.9. The molecular weight excluding hydrogens is 490 g/mol. The van der Waals surface area contributed by atoms with Gasteiger partial charge in [0.1, 0.15) is 23.7 Å². The van der Waals surface area contributed by atoms with Gasteiger partial charge < -0.3 is 31.3 Å². The number of rotatable bonds is 2. The van der Waals surface area contributed by atoms with Gasteiger partial charge in [-0.05, 0) is 77.0 Å². The molecule has 38 heavy (non-hydrogen) atoms. The standard InChI is InChI=1S/C27H41N5O6/c1-27(2,3)38-26(37)31-19-10-5-4-7-15-11-12-29-23(34)18(15)13-20(22(28)33)30-24(35)21-17-9-6-8-16(17)14-32(21)25(19)36/h4,7,15-21H,5-6,8-14H2,1-3H3,(H2,28,33)(H,29,34)(H,30,35)(H,31,37)/b7-4+/t15-,16-,17-,18-,19-,20-,21-/m0/s1. The number of carbonyl (C=O) groups is 5. The van der Waals surface area contributed by atoms with Crippen molar-refractivity contribution in [3.8, 4) is 0 Å². The molecule has 3 fully saturated rings. The first-order valence-electron chi connectivity index (χ1n) is 13.8. The number of nitrogens with zero attached hydrogens (tertiary/aromatic N) is 1. The summed E-state index contributed by atoms with van der Waals surface area (Å²) in [5, 5.41) is 8.38. The second kappa shape index (κ2) is 11.3. The van der Waals surface area contributed by atoms with Gasteiger partial charge in [0.05, 0.1) is 0 Å². The number of hydrogen-bond acceptors (Lipinski definition) is 6. The molecule has 0 aromatic heterocycles. The summed E-state index contributed by atoms with van der Waals surface area (Å²) in [6, 6.07) is -2.69. The molecule has 4 rings (SSSR count). The van der Waals surface area contributed by atoms with Crippen LogP contribution in [0.2, 0.25) is 0 Å². The summed E-state index contributed by atoms with van der Waals surface area (Å²) < 4.78 is 5.41. The number of nitrogens with two attached hydrogens (primary N) is 1. The third-order valence-electron chi connectivity index (χ3n) is 8.22. The number of amides is 5. The first-order valence-corrected chi connectivity index (χ1v) is 13.8. The van der Waals surface area contributed by atoms with Crippen molar-refractivity contribution in [3.63, 3.8) is 0 Å². The lowest BCUT2D eigenvalue weighted by molar-refractivity contribution is -0.142. The lowest BCUT2D eigenvalue weighted by atomic mass is 9.80. The number of piperidine rings is 1. The van der Waals surface area contributed by atoms with Crippen LogP contribution in [0.1, 0.15) is 65.7 Å². The zero-order valence-electron chi connectivity index (χ0n) is 22.5. The maximum atomic E-state index is 13.9. The van der Waals surface area contributed by atoms with Gasteiger partial charge in [0.25, 0.3) is 0 Å². The van der Waals surface area contributed by atoms with Crippen molar-refractivity contribution in [2.45, 2.75) is 89.4 Å². The van der Waals surface area contributed by atoms with Crippen molar-refractivity contribution >= 4 is 29.7 Å². The molecule has 0 radical (unpaired) electrons. The van der Waals surface area contributed by atoms with E-state index < -0.39 is 47.6 Å². The Bertz CT molecular complexity index is 991. The number of carbonyl (C=O) groups excluding carboxylic acids is 5. The predicted molar refractivity (Wildman–Crippen MR) is 138 cm³/mol. The van der Waals surface area contributed by atoms with E-state index in [1.54, 1.807) is 25.7 Å². The van der Waals surface area contributed by atoms with Crippen LogP contribution >= 0.6 is 0 Å². The number of primary amides is 1. The molecule has 2 saturated heterocycles. The van der Waals surface area contributed by atoms with Gasteiger partial charge in [0, 0.05) is 19.0 Å². The van der Waals surface area contributed by atoms with Crippen molar-refractivity contribution in [3.05, 3.63) is 12.2 Å². The molecule has 5 amide bonds. The summed E-state index contributed by atoms with van der Waals surface area (Å²) >= 11 is 0. The Morgan fingerprint density at radius 1 is 1.11 bits per heavy atom. The Labute approximate surface area is 223 Å². The highest BCUT2D eigenvalue weighted by Crippen LogP contribution is 2.43. The molecule has 5 N–H and O–H groups in total. The van der Waals surface area contributed by atoms with Gasteiger partial charge in [-0.3, -0.25) is 19.2 Å². The Balaban J connectivity index is 1.66.